The third kappa shape index (κ3) is 5.65. The topological polar surface area (TPSA) is 62.2 Å². The Balaban J connectivity index is 1.13. The molecule has 6 nitrogen and oxygen atoms in total. The van der Waals surface area contributed by atoms with Crippen LogP contribution in [0.15, 0.2) is 97.5 Å². The summed E-state index contributed by atoms with van der Waals surface area (Å²) in [6, 6.07) is 26.7. The minimum atomic E-state index is 0.229. The minimum Gasteiger partial charge on any atom is -0.368 e. The summed E-state index contributed by atoms with van der Waals surface area (Å²) in [6.45, 7) is 5.71. The van der Waals surface area contributed by atoms with Gasteiger partial charge in [0.25, 0.3) is 0 Å². The Kier molecular flexibility index (Phi) is 7.00. The van der Waals surface area contributed by atoms with Crippen LogP contribution in [0.5, 0.6) is 0 Å². The molecule has 0 aliphatic carbocycles. The summed E-state index contributed by atoms with van der Waals surface area (Å²) >= 11 is 0. The molecule has 1 saturated heterocycles. The predicted octanol–water partition coefficient (Wildman–Crippen LogP) is 5.68. The molecular formula is C33H31N5O. The number of aromatic nitrogens is 3. The second-order valence-corrected chi connectivity index (χ2v) is 10.1. The fourth-order valence-corrected chi connectivity index (χ4v) is 5.21. The van der Waals surface area contributed by atoms with Gasteiger partial charge >= 0.3 is 0 Å². The maximum absolute atomic E-state index is 12.7. The molecular weight excluding hydrogens is 482 g/mol. The Morgan fingerprint density at radius 1 is 0.769 bits per heavy atom. The number of ketones is 1. The van der Waals surface area contributed by atoms with E-state index >= 15 is 0 Å². The van der Waals surface area contributed by atoms with Crippen molar-refractivity contribution in [3.8, 4) is 11.1 Å². The quantitative estimate of drug-likeness (QED) is 0.279. The number of hydrogen-bond acceptors (Lipinski definition) is 6. The summed E-state index contributed by atoms with van der Waals surface area (Å²) < 4.78 is 0. The Morgan fingerprint density at radius 3 is 2.26 bits per heavy atom. The highest BCUT2D eigenvalue weighted by molar-refractivity contribution is 5.84. The number of rotatable bonds is 7. The van der Waals surface area contributed by atoms with Gasteiger partial charge in [-0.2, -0.15) is 0 Å². The van der Waals surface area contributed by atoms with Crippen LogP contribution in [0.4, 0.5) is 11.5 Å². The highest BCUT2D eigenvalue weighted by Gasteiger charge is 2.19. The van der Waals surface area contributed by atoms with E-state index in [4.69, 9.17) is 9.97 Å². The van der Waals surface area contributed by atoms with Crippen LogP contribution in [-0.2, 0) is 17.6 Å². The van der Waals surface area contributed by atoms with E-state index in [1.54, 1.807) is 0 Å². The first kappa shape index (κ1) is 24.7. The van der Waals surface area contributed by atoms with Crippen LogP contribution >= 0.6 is 0 Å². The van der Waals surface area contributed by atoms with Crippen molar-refractivity contribution in [2.75, 3.05) is 36.0 Å². The number of pyridine rings is 1. The van der Waals surface area contributed by atoms with Crippen LogP contribution in [0.25, 0.3) is 22.2 Å². The molecule has 194 valence electrons. The zero-order chi connectivity index (χ0) is 26.6. The third-order valence-corrected chi connectivity index (χ3v) is 7.50. The van der Waals surface area contributed by atoms with Crippen LogP contribution in [0.2, 0.25) is 0 Å². The number of aryl methyl sites for hydroxylation is 1. The molecule has 2 aromatic heterocycles. The molecule has 39 heavy (non-hydrogen) atoms. The van der Waals surface area contributed by atoms with Gasteiger partial charge in [-0.15, -0.1) is 0 Å². The third-order valence-electron chi connectivity index (χ3n) is 7.50. The van der Waals surface area contributed by atoms with Crippen molar-refractivity contribution in [3.63, 3.8) is 0 Å². The molecule has 3 aromatic carbocycles. The molecule has 0 bridgehead atoms. The predicted molar refractivity (Wildman–Crippen MR) is 157 cm³/mol. The molecule has 1 fully saturated rings. The van der Waals surface area contributed by atoms with Crippen LogP contribution in [0.1, 0.15) is 16.7 Å². The number of piperazine rings is 1. The van der Waals surface area contributed by atoms with Crippen molar-refractivity contribution in [2.24, 2.45) is 0 Å². The number of fused-ring (bicyclic) bond motifs is 1. The largest absolute Gasteiger partial charge is 0.368 e. The normalized spacial score (nSPS) is 13.6. The van der Waals surface area contributed by atoms with Gasteiger partial charge in [0.2, 0.25) is 0 Å². The van der Waals surface area contributed by atoms with Gasteiger partial charge in [0.05, 0.1) is 17.2 Å². The molecule has 1 aliphatic heterocycles. The average Bonchev–Trinajstić information content (AvgIpc) is 2.99. The number of anilines is 2. The van der Waals surface area contributed by atoms with Gasteiger partial charge in [-0.3, -0.25) is 14.8 Å². The van der Waals surface area contributed by atoms with Crippen molar-refractivity contribution in [1.29, 1.82) is 0 Å². The minimum absolute atomic E-state index is 0.229. The summed E-state index contributed by atoms with van der Waals surface area (Å²) in [5.74, 6) is 1.14. The van der Waals surface area contributed by atoms with Crippen LogP contribution < -0.4 is 9.80 Å². The van der Waals surface area contributed by atoms with E-state index in [-0.39, 0.29) is 5.78 Å². The molecule has 0 N–H and O–H groups in total. The van der Waals surface area contributed by atoms with Gasteiger partial charge in [0.15, 0.2) is 0 Å². The lowest BCUT2D eigenvalue weighted by Gasteiger charge is -2.36. The fraction of sp³-hybridized carbons (Fsp3) is 0.212. The fourth-order valence-electron chi connectivity index (χ4n) is 5.21. The number of nitrogens with zero attached hydrogens (tertiary/aromatic N) is 5. The van der Waals surface area contributed by atoms with Crippen molar-refractivity contribution in [1.82, 2.24) is 15.0 Å². The lowest BCUT2D eigenvalue weighted by molar-refractivity contribution is -0.117. The van der Waals surface area contributed by atoms with Crippen LogP contribution in [0, 0.1) is 6.92 Å². The molecule has 3 heterocycles. The number of Topliss-reactive ketones (excluding diaryl/α,β-unsaturated/α-hetero) is 1. The molecule has 0 unspecified atom stereocenters. The zero-order valence-electron chi connectivity index (χ0n) is 22.1. The second-order valence-electron chi connectivity index (χ2n) is 10.1. The van der Waals surface area contributed by atoms with E-state index < -0.39 is 0 Å². The van der Waals surface area contributed by atoms with Gasteiger partial charge < -0.3 is 9.80 Å². The first-order chi connectivity index (χ1) is 19.1. The van der Waals surface area contributed by atoms with Gasteiger partial charge in [-0.25, -0.2) is 4.98 Å². The molecule has 0 spiro atoms. The molecule has 0 saturated carbocycles. The van der Waals surface area contributed by atoms with E-state index in [1.807, 2.05) is 42.9 Å². The van der Waals surface area contributed by atoms with Gasteiger partial charge in [0.1, 0.15) is 11.6 Å². The highest BCUT2D eigenvalue weighted by atomic mass is 16.1. The summed E-state index contributed by atoms with van der Waals surface area (Å²) in [5, 5.41) is 0. The number of carbonyl (C=O) groups excluding carboxylic acids is 1. The zero-order valence-corrected chi connectivity index (χ0v) is 22.1. The average molecular weight is 514 g/mol. The molecule has 0 amide bonds. The Bertz CT molecular complexity index is 1590. The maximum atomic E-state index is 12.7. The summed E-state index contributed by atoms with van der Waals surface area (Å²) in [7, 11) is 0. The number of benzene rings is 3. The summed E-state index contributed by atoms with van der Waals surface area (Å²) in [4.78, 5) is 31.1. The summed E-state index contributed by atoms with van der Waals surface area (Å²) in [5.41, 5.74) is 8.48. The smallest absolute Gasteiger partial charge is 0.147 e. The van der Waals surface area contributed by atoms with E-state index in [9.17, 15) is 4.79 Å². The molecule has 6 rings (SSSR count). The first-order valence-electron chi connectivity index (χ1n) is 13.4. The second kappa shape index (κ2) is 11.0. The van der Waals surface area contributed by atoms with Gasteiger partial charge in [-0.05, 0) is 59.0 Å². The lowest BCUT2D eigenvalue weighted by Crippen LogP contribution is -2.46. The highest BCUT2D eigenvalue weighted by Crippen LogP contribution is 2.26. The first-order valence-corrected chi connectivity index (χ1v) is 13.4. The number of hydrogen-bond donors (Lipinski definition) is 0. The van der Waals surface area contributed by atoms with Crippen LogP contribution in [-0.4, -0.2) is 46.9 Å². The van der Waals surface area contributed by atoms with Crippen LogP contribution in [0.3, 0.4) is 0 Å². The van der Waals surface area contributed by atoms with E-state index in [0.29, 0.717) is 12.8 Å². The monoisotopic (exact) mass is 513 g/mol. The maximum Gasteiger partial charge on any atom is 0.147 e. The molecule has 0 atom stereocenters. The Morgan fingerprint density at radius 2 is 1.49 bits per heavy atom. The lowest BCUT2D eigenvalue weighted by atomic mass is 9.98. The molecule has 5 aromatic rings. The Hall–Kier alpha value is -4.58. The standard InChI is InChI=1S/C33H31N5O/c1-24-4-2-3-5-27(24)21-30(39)20-25-6-8-26(9-7-25)28-10-11-31-32(22-28)36-33(23-35-31)38-18-16-37(17-19-38)29-12-14-34-15-13-29/h2-15,22-23H,16-21H2,1H3. The van der Waals surface area contributed by atoms with E-state index in [0.717, 1.165) is 70.8 Å². The van der Waals surface area contributed by atoms with Crippen molar-refractivity contribution < 1.29 is 4.79 Å². The SMILES string of the molecule is Cc1ccccc1CC(=O)Cc1ccc(-c2ccc3ncc(N4CCN(c5ccncc5)CC4)nc3c2)cc1. The Labute approximate surface area is 229 Å². The molecule has 6 heteroatoms. The van der Waals surface area contributed by atoms with Gasteiger partial charge in [0, 0.05) is 57.1 Å². The summed E-state index contributed by atoms with van der Waals surface area (Å²) in [6.07, 6.45) is 6.48. The van der Waals surface area contributed by atoms with Gasteiger partial charge in [-0.1, -0.05) is 54.6 Å². The molecule has 1 aliphatic rings. The molecule has 0 radical (unpaired) electrons. The van der Waals surface area contributed by atoms with Crippen molar-refractivity contribution >= 4 is 28.3 Å². The van der Waals surface area contributed by atoms with E-state index in [1.165, 1.54) is 5.69 Å². The number of carbonyl (C=O) groups is 1. The van der Waals surface area contributed by atoms with Crippen molar-refractivity contribution in [3.05, 3.63) is 114 Å². The van der Waals surface area contributed by atoms with Crippen molar-refractivity contribution in [2.45, 2.75) is 19.8 Å². The van der Waals surface area contributed by atoms with E-state index in [2.05, 4.69) is 76.3 Å².